The molecule has 0 bridgehead atoms. The SMILES string of the molecule is Cl.NC1(c2noc(-c3cccc4c3CCC4)n2)CCC1. The number of hydrogen-bond donors (Lipinski definition) is 1. The van der Waals surface area contributed by atoms with Crippen LogP contribution in [-0.4, -0.2) is 10.1 Å². The summed E-state index contributed by atoms with van der Waals surface area (Å²) in [5.41, 5.74) is 9.78. The molecule has 2 aromatic rings. The van der Waals surface area contributed by atoms with Gasteiger partial charge in [0.15, 0.2) is 5.82 Å². The van der Waals surface area contributed by atoms with E-state index in [2.05, 4.69) is 28.3 Å². The Morgan fingerprint density at radius 1 is 1.15 bits per heavy atom. The van der Waals surface area contributed by atoms with Crippen molar-refractivity contribution < 1.29 is 4.52 Å². The Hall–Kier alpha value is -1.39. The molecule has 1 heterocycles. The van der Waals surface area contributed by atoms with E-state index in [1.54, 1.807) is 0 Å². The van der Waals surface area contributed by atoms with Gasteiger partial charge >= 0.3 is 0 Å². The Kier molecular flexibility index (Phi) is 3.30. The number of nitrogens with two attached hydrogens (primary N) is 1. The molecule has 1 aromatic heterocycles. The van der Waals surface area contributed by atoms with Crippen molar-refractivity contribution in [3.63, 3.8) is 0 Å². The third-order valence-electron chi connectivity index (χ3n) is 4.49. The molecule has 2 aliphatic rings. The first kappa shape index (κ1) is 13.6. The van der Waals surface area contributed by atoms with Crippen molar-refractivity contribution >= 4 is 12.4 Å². The van der Waals surface area contributed by atoms with Crippen LogP contribution in [-0.2, 0) is 18.4 Å². The smallest absolute Gasteiger partial charge is 0.258 e. The highest BCUT2D eigenvalue weighted by Crippen LogP contribution is 2.38. The van der Waals surface area contributed by atoms with Crippen LogP contribution in [0.15, 0.2) is 22.7 Å². The molecule has 20 heavy (non-hydrogen) atoms. The van der Waals surface area contributed by atoms with Crippen LogP contribution in [0.4, 0.5) is 0 Å². The average molecular weight is 292 g/mol. The highest BCUT2D eigenvalue weighted by atomic mass is 35.5. The van der Waals surface area contributed by atoms with Gasteiger partial charge in [-0.15, -0.1) is 12.4 Å². The lowest BCUT2D eigenvalue weighted by Gasteiger charge is -2.34. The Balaban J connectivity index is 0.00000121. The van der Waals surface area contributed by atoms with Crippen LogP contribution in [0.2, 0.25) is 0 Å². The molecule has 4 nitrogen and oxygen atoms in total. The van der Waals surface area contributed by atoms with Crippen molar-refractivity contribution in [2.75, 3.05) is 0 Å². The number of hydrogen-bond acceptors (Lipinski definition) is 4. The second-order valence-electron chi connectivity index (χ2n) is 5.73. The van der Waals surface area contributed by atoms with Gasteiger partial charge in [-0.25, -0.2) is 0 Å². The first-order valence-electron chi connectivity index (χ1n) is 7.00. The van der Waals surface area contributed by atoms with E-state index in [9.17, 15) is 0 Å². The minimum Gasteiger partial charge on any atom is -0.334 e. The number of aryl methyl sites for hydroxylation is 1. The summed E-state index contributed by atoms with van der Waals surface area (Å²) in [6.07, 6.45) is 6.55. The molecule has 0 radical (unpaired) electrons. The van der Waals surface area contributed by atoms with Crippen LogP contribution in [0.5, 0.6) is 0 Å². The van der Waals surface area contributed by atoms with Crippen LogP contribution in [0.3, 0.4) is 0 Å². The summed E-state index contributed by atoms with van der Waals surface area (Å²) in [7, 11) is 0. The number of benzene rings is 1. The maximum Gasteiger partial charge on any atom is 0.258 e. The van der Waals surface area contributed by atoms with E-state index in [-0.39, 0.29) is 17.9 Å². The third-order valence-corrected chi connectivity index (χ3v) is 4.49. The van der Waals surface area contributed by atoms with Gasteiger partial charge in [-0.3, -0.25) is 0 Å². The molecule has 0 spiro atoms. The monoisotopic (exact) mass is 291 g/mol. The maximum atomic E-state index is 6.24. The number of rotatable bonds is 2. The molecule has 1 fully saturated rings. The maximum absolute atomic E-state index is 6.24. The summed E-state index contributed by atoms with van der Waals surface area (Å²) in [4.78, 5) is 4.55. The van der Waals surface area contributed by atoms with Crippen molar-refractivity contribution in [1.29, 1.82) is 0 Å². The van der Waals surface area contributed by atoms with E-state index in [4.69, 9.17) is 10.3 Å². The molecule has 2 aliphatic carbocycles. The highest BCUT2D eigenvalue weighted by Gasteiger charge is 2.39. The van der Waals surface area contributed by atoms with E-state index in [1.807, 2.05) is 0 Å². The Bertz CT molecular complexity index is 634. The van der Waals surface area contributed by atoms with Crippen LogP contribution < -0.4 is 5.73 Å². The summed E-state index contributed by atoms with van der Waals surface area (Å²) in [6, 6.07) is 6.34. The van der Waals surface area contributed by atoms with Crippen LogP contribution in [0.1, 0.15) is 42.6 Å². The second-order valence-corrected chi connectivity index (χ2v) is 5.73. The summed E-state index contributed by atoms with van der Waals surface area (Å²) in [5.74, 6) is 1.30. The van der Waals surface area contributed by atoms with E-state index < -0.39 is 0 Å². The minimum atomic E-state index is -0.348. The molecule has 0 unspecified atom stereocenters. The van der Waals surface area contributed by atoms with Gasteiger partial charge < -0.3 is 10.3 Å². The van der Waals surface area contributed by atoms with Gasteiger partial charge in [-0.05, 0) is 55.7 Å². The lowest BCUT2D eigenvalue weighted by molar-refractivity contribution is 0.229. The van der Waals surface area contributed by atoms with Crippen molar-refractivity contribution in [1.82, 2.24) is 10.1 Å². The predicted octanol–water partition coefficient (Wildman–Crippen LogP) is 2.99. The van der Waals surface area contributed by atoms with Gasteiger partial charge in [-0.1, -0.05) is 17.3 Å². The Labute approximate surface area is 124 Å². The number of nitrogens with zero attached hydrogens (tertiary/aromatic N) is 2. The van der Waals surface area contributed by atoms with E-state index in [1.165, 1.54) is 17.5 Å². The summed E-state index contributed by atoms with van der Waals surface area (Å²) in [6.45, 7) is 0. The van der Waals surface area contributed by atoms with E-state index >= 15 is 0 Å². The molecule has 106 valence electrons. The van der Waals surface area contributed by atoms with Gasteiger partial charge in [0.2, 0.25) is 0 Å². The minimum absolute atomic E-state index is 0. The molecule has 0 atom stereocenters. The first-order valence-corrected chi connectivity index (χ1v) is 7.00. The first-order chi connectivity index (χ1) is 9.26. The lowest BCUT2D eigenvalue weighted by Crippen LogP contribution is -2.44. The number of fused-ring (bicyclic) bond motifs is 1. The predicted molar refractivity (Wildman–Crippen MR) is 78.7 cm³/mol. The van der Waals surface area contributed by atoms with Crippen LogP contribution in [0, 0.1) is 0 Å². The quantitative estimate of drug-likeness (QED) is 0.924. The van der Waals surface area contributed by atoms with Crippen LogP contribution in [0.25, 0.3) is 11.5 Å². The standard InChI is InChI=1S/C15H17N3O.ClH/c16-15(8-3-9-15)14-17-13(19-18-14)12-7-2-5-10-4-1-6-11(10)12;/h2,5,7H,1,3-4,6,8-9,16H2;1H. The van der Waals surface area contributed by atoms with Crippen molar-refractivity contribution in [2.24, 2.45) is 5.73 Å². The van der Waals surface area contributed by atoms with E-state index in [0.29, 0.717) is 11.7 Å². The van der Waals surface area contributed by atoms with Crippen LogP contribution >= 0.6 is 12.4 Å². The zero-order chi connectivity index (χ0) is 12.9. The average Bonchev–Trinajstić information content (AvgIpc) is 3.04. The summed E-state index contributed by atoms with van der Waals surface area (Å²) in [5, 5.41) is 4.10. The largest absolute Gasteiger partial charge is 0.334 e. The van der Waals surface area contributed by atoms with Gasteiger partial charge in [0.05, 0.1) is 5.54 Å². The third kappa shape index (κ3) is 1.95. The van der Waals surface area contributed by atoms with Gasteiger partial charge in [0.25, 0.3) is 5.89 Å². The Morgan fingerprint density at radius 3 is 2.75 bits per heavy atom. The summed E-state index contributed by atoms with van der Waals surface area (Å²) < 4.78 is 5.46. The fourth-order valence-corrected chi connectivity index (χ4v) is 3.14. The molecular formula is C15H18ClN3O. The number of halogens is 1. The van der Waals surface area contributed by atoms with Crippen molar-refractivity contribution in [2.45, 2.75) is 44.1 Å². The second kappa shape index (κ2) is 4.86. The molecular weight excluding hydrogens is 274 g/mol. The number of aromatic nitrogens is 2. The molecule has 0 aliphatic heterocycles. The molecule has 1 saturated carbocycles. The topological polar surface area (TPSA) is 64.9 Å². The molecule has 1 aromatic carbocycles. The summed E-state index contributed by atoms with van der Waals surface area (Å²) >= 11 is 0. The lowest BCUT2D eigenvalue weighted by atomic mass is 9.77. The zero-order valence-corrected chi connectivity index (χ0v) is 12.1. The molecule has 0 amide bonds. The van der Waals surface area contributed by atoms with Gasteiger partial charge in [-0.2, -0.15) is 4.98 Å². The normalized spacial score (nSPS) is 19.1. The molecule has 0 saturated heterocycles. The molecule has 5 heteroatoms. The molecule has 2 N–H and O–H groups in total. The Morgan fingerprint density at radius 2 is 2.00 bits per heavy atom. The van der Waals surface area contributed by atoms with Crippen molar-refractivity contribution in [3.8, 4) is 11.5 Å². The van der Waals surface area contributed by atoms with E-state index in [0.717, 1.165) is 37.7 Å². The van der Waals surface area contributed by atoms with Gasteiger partial charge in [0, 0.05) is 5.56 Å². The zero-order valence-electron chi connectivity index (χ0n) is 11.3. The van der Waals surface area contributed by atoms with Crippen molar-refractivity contribution in [3.05, 3.63) is 35.2 Å². The fourth-order valence-electron chi connectivity index (χ4n) is 3.14. The fraction of sp³-hybridized carbons (Fsp3) is 0.467. The highest BCUT2D eigenvalue weighted by molar-refractivity contribution is 5.85. The molecule has 4 rings (SSSR count). The van der Waals surface area contributed by atoms with Gasteiger partial charge in [0.1, 0.15) is 0 Å².